The Labute approximate surface area is 89.2 Å². The summed E-state index contributed by atoms with van der Waals surface area (Å²) in [4.78, 5) is 12.5. The van der Waals surface area contributed by atoms with E-state index in [1.165, 1.54) is 0 Å². The van der Waals surface area contributed by atoms with Crippen LogP contribution in [0.5, 0.6) is 0 Å². The van der Waals surface area contributed by atoms with Crippen LogP contribution in [-0.4, -0.2) is 11.2 Å². The molecule has 0 aromatic heterocycles. The first-order valence-electron chi connectivity index (χ1n) is 3.94. The number of hydrogen-bond donors (Lipinski definition) is 1. The minimum atomic E-state index is 0.00803. The van der Waals surface area contributed by atoms with Crippen LogP contribution < -0.4 is 5.32 Å². The van der Waals surface area contributed by atoms with Crippen molar-refractivity contribution in [3.05, 3.63) is 22.7 Å². The number of fused-ring (bicyclic) bond motifs is 1. The summed E-state index contributed by atoms with van der Waals surface area (Å²) in [5, 5.41) is 2.87. The highest BCUT2D eigenvalue weighted by Crippen LogP contribution is 2.36. The molecule has 2 rings (SSSR count). The Balaban J connectivity index is 2.42. The van der Waals surface area contributed by atoms with Gasteiger partial charge in [-0.2, -0.15) is 0 Å². The second kappa shape index (κ2) is 3.35. The zero-order chi connectivity index (χ0) is 9.42. The smallest absolute Gasteiger partial charge is 0.237 e. The van der Waals surface area contributed by atoms with Crippen molar-refractivity contribution in [2.24, 2.45) is 0 Å². The first kappa shape index (κ1) is 9.09. The summed E-state index contributed by atoms with van der Waals surface area (Å²) in [6.45, 7) is 1.91. The summed E-state index contributed by atoms with van der Waals surface area (Å²) in [6, 6.07) is 5.92. The highest BCUT2D eigenvalue weighted by atomic mass is 79.9. The maximum absolute atomic E-state index is 11.3. The fraction of sp³-hybridized carbons (Fsp3) is 0.222. The predicted molar refractivity (Wildman–Crippen MR) is 58.1 cm³/mol. The van der Waals surface area contributed by atoms with Gasteiger partial charge in [-0.15, -0.1) is 11.8 Å². The molecule has 1 N–H and O–H groups in total. The third-order valence-corrected chi connectivity index (χ3v) is 3.54. The van der Waals surface area contributed by atoms with Gasteiger partial charge in [0.1, 0.15) is 0 Å². The van der Waals surface area contributed by atoms with Crippen LogP contribution in [0.25, 0.3) is 0 Å². The molecule has 1 atom stereocenters. The molecule has 68 valence electrons. The van der Waals surface area contributed by atoms with Crippen LogP contribution >= 0.6 is 27.7 Å². The van der Waals surface area contributed by atoms with Crippen molar-refractivity contribution >= 4 is 39.3 Å². The fourth-order valence-corrected chi connectivity index (χ4v) is 2.47. The molecule has 0 saturated carbocycles. The lowest BCUT2D eigenvalue weighted by Gasteiger charge is -2.21. The van der Waals surface area contributed by atoms with Crippen molar-refractivity contribution < 1.29 is 4.79 Å². The number of thioether (sulfide) groups is 1. The largest absolute Gasteiger partial charge is 0.324 e. The van der Waals surface area contributed by atoms with Crippen molar-refractivity contribution in [1.82, 2.24) is 0 Å². The molecular weight excluding hydrogens is 250 g/mol. The van der Waals surface area contributed by atoms with Crippen LogP contribution in [0, 0.1) is 0 Å². The van der Waals surface area contributed by atoms with Crippen molar-refractivity contribution in [2.45, 2.75) is 17.1 Å². The van der Waals surface area contributed by atoms with Crippen LogP contribution in [0.15, 0.2) is 27.6 Å². The van der Waals surface area contributed by atoms with Gasteiger partial charge in [0.2, 0.25) is 5.91 Å². The van der Waals surface area contributed by atoms with Crippen molar-refractivity contribution in [1.29, 1.82) is 0 Å². The first-order valence-corrected chi connectivity index (χ1v) is 5.61. The number of hydrogen-bond acceptors (Lipinski definition) is 2. The van der Waals surface area contributed by atoms with Crippen LogP contribution in [0.4, 0.5) is 5.69 Å². The number of benzene rings is 1. The molecule has 0 spiro atoms. The van der Waals surface area contributed by atoms with Crippen LogP contribution in [0.1, 0.15) is 6.92 Å². The quantitative estimate of drug-likeness (QED) is 0.775. The third kappa shape index (κ3) is 1.74. The van der Waals surface area contributed by atoms with Gasteiger partial charge in [0.15, 0.2) is 0 Å². The Morgan fingerprint density at radius 2 is 2.31 bits per heavy atom. The van der Waals surface area contributed by atoms with Crippen LogP contribution in [-0.2, 0) is 4.79 Å². The lowest BCUT2D eigenvalue weighted by Crippen LogP contribution is -2.26. The Bertz CT molecular complexity index is 367. The first-order chi connectivity index (χ1) is 6.16. The van der Waals surface area contributed by atoms with Crippen molar-refractivity contribution in [3.63, 3.8) is 0 Å². The zero-order valence-electron chi connectivity index (χ0n) is 7.00. The molecule has 4 heteroatoms. The molecule has 13 heavy (non-hydrogen) atoms. The average Bonchev–Trinajstić information content (AvgIpc) is 2.08. The third-order valence-electron chi connectivity index (χ3n) is 1.87. The Morgan fingerprint density at radius 3 is 3.08 bits per heavy atom. The van der Waals surface area contributed by atoms with E-state index < -0.39 is 0 Å². The minimum Gasteiger partial charge on any atom is -0.324 e. The van der Waals surface area contributed by atoms with Gasteiger partial charge in [-0.25, -0.2) is 0 Å². The summed E-state index contributed by atoms with van der Waals surface area (Å²) in [5.74, 6) is 0.0793. The molecule has 0 fully saturated rings. The normalized spacial score (nSPS) is 20.8. The average molecular weight is 258 g/mol. The van der Waals surface area contributed by atoms with Gasteiger partial charge >= 0.3 is 0 Å². The number of anilines is 1. The topological polar surface area (TPSA) is 29.1 Å². The summed E-state index contributed by atoms with van der Waals surface area (Å²) in [6.07, 6.45) is 0. The van der Waals surface area contributed by atoms with E-state index >= 15 is 0 Å². The van der Waals surface area contributed by atoms with Crippen LogP contribution in [0.2, 0.25) is 0 Å². The Kier molecular flexibility index (Phi) is 2.34. The maximum atomic E-state index is 11.3. The van der Waals surface area contributed by atoms with E-state index in [0.29, 0.717) is 0 Å². The number of carbonyl (C=O) groups is 1. The summed E-state index contributed by atoms with van der Waals surface area (Å²) < 4.78 is 0.988. The molecule has 0 radical (unpaired) electrons. The number of carbonyl (C=O) groups excluding carboxylic acids is 1. The van der Waals surface area contributed by atoms with Gasteiger partial charge in [-0.05, 0) is 25.1 Å². The molecule has 1 aliphatic heterocycles. The lowest BCUT2D eigenvalue weighted by molar-refractivity contribution is -0.115. The van der Waals surface area contributed by atoms with Gasteiger partial charge in [0.05, 0.1) is 10.9 Å². The Hall–Kier alpha value is -0.480. The fourth-order valence-electron chi connectivity index (χ4n) is 1.18. The monoisotopic (exact) mass is 257 g/mol. The molecule has 0 saturated heterocycles. The van der Waals surface area contributed by atoms with Gasteiger partial charge < -0.3 is 5.32 Å². The molecule has 0 bridgehead atoms. The molecule has 1 heterocycles. The summed E-state index contributed by atoms with van der Waals surface area (Å²) in [7, 11) is 0. The van der Waals surface area contributed by atoms with E-state index in [-0.39, 0.29) is 11.2 Å². The molecular formula is C9H8BrNOS. The second-order valence-electron chi connectivity index (χ2n) is 2.89. The lowest BCUT2D eigenvalue weighted by atomic mass is 10.3. The minimum absolute atomic E-state index is 0.00803. The van der Waals surface area contributed by atoms with E-state index in [2.05, 4.69) is 21.2 Å². The van der Waals surface area contributed by atoms with E-state index in [1.54, 1.807) is 11.8 Å². The summed E-state index contributed by atoms with van der Waals surface area (Å²) in [5.41, 5.74) is 0.905. The van der Waals surface area contributed by atoms with Gasteiger partial charge in [-0.1, -0.05) is 15.9 Å². The Morgan fingerprint density at radius 1 is 1.54 bits per heavy atom. The zero-order valence-corrected chi connectivity index (χ0v) is 9.41. The van der Waals surface area contributed by atoms with Crippen molar-refractivity contribution in [3.8, 4) is 0 Å². The number of rotatable bonds is 0. The van der Waals surface area contributed by atoms with E-state index in [9.17, 15) is 4.79 Å². The maximum Gasteiger partial charge on any atom is 0.237 e. The van der Waals surface area contributed by atoms with Gasteiger partial charge in [-0.3, -0.25) is 4.79 Å². The molecule has 2 nitrogen and oxygen atoms in total. The van der Waals surface area contributed by atoms with Gasteiger partial charge in [0.25, 0.3) is 0 Å². The number of halogens is 1. The molecule has 0 aliphatic carbocycles. The van der Waals surface area contributed by atoms with E-state index in [0.717, 1.165) is 15.1 Å². The van der Waals surface area contributed by atoms with Crippen molar-refractivity contribution in [2.75, 3.05) is 5.32 Å². The molecule has 1 aromatic rings. The van der Waals surface area contributed by atoms with E-state index in [1.807, 2.05) is 25.1 Å². The van der Waals surface area contributed by atoms with Crippen LogP contribution in [0.3, 0.4) is 0 Å². The molecule has 1 aliphatic rings. The highest BCUT2D eigenvalue weighted by molar-refractivity contribution is 9.10. The summed E-state index contributed by atoms with van der Waals surface area (Å²) >= 11 is 4.96. The number of nitrogens with one attached hydrogen (secondary N) is 1. The van der Waals surface area contributed by atoms with E-state index in [4.69, 9.17) is 0 Å². The highest BCUT2D eigenvalue weighted by Gasteiger charge is 2.22. The second-order valence-corrected chi connectivity index (χ2v) is 5.19. The standard InChI is InChI=1S/C9H8BrNOS/c1-5-9(12)11-7-4-6(10)2-3-8(7)13-5/h2-5H,1H3,(H,11,12). The molecule has 1 unspecified atom stereocenters. The van der Waals surface area contributed by atoms with Gasteiger partial charge in [0, 0.05) is 9.37 Å². The molecule has 1 aromatic carbocycles. The molecule has 1 amide bonds. The number of amides is 1. The SMILES string of the molecule is CC1Sc2ccc(Br)cc2NC1=O. The predicted octanol–water partition coefficient (Wildman–Crippen LogP) is 2.88.